The van der Waals surface area contributed by atoms with Crippen LogP contribution in [-0.4, -0.2) is 34.7 Å². The molecule has 3 amide bonds. The van der Waals surface area contributed by atoms with Gasteiger partial charge in [0.25, 0.3) is 5.91 Å². The van der Waals surface area contributed by atoms with Crippen LogP contribution in [0.25, 0.3) is 10.9 Å². The molecule has 0 unspecified atom stereocenters. The summed E-state index contributed by atoms with van der Waals surface area (Å²) in [5.41, 5.74) is 8.76. The Morgan fingerprint density at radius 1 is 1.00 bits per heavy atom. The number of para-hydroxylation sites is 1. The second-order valence-corrected chi connectivity index (χ2v) is 7.12. The molecule has 28 heavy (non-hydrogen) atoms. The van der Waals surface area contributed by atoms with Crippen LogP contribution in [0.15, 0.2) is 42.5 Å². The predicted octanol–water partition coefficient (Wildman–Crippen LogP) is 1.97. The van der Waals surface area contributed by atoms with E-state index in [9.17, 15) is 9.59 Å². The first-order valence-electron chi connectivity index (χ1n) is 9.08. The highest BCUT2D eigenvalue weighted by Crippen LogP contribution is 2.44. The number of carbonyl (C=O) groups is 2. The summed E-state index contributed by atoms with van der Waals surface area (Å²) in [7, 11) is 0. The Bertz CT molecular complexity index is 1150. The summed E-state index contributed by atoms with van der Waals surface area (Å²) >= 11 is 0. The molecule has 4 heterocycles. The van der Waals surface area contributed by atoms with Crippen LogP contribution in [0.2, 0.25) is 0 Å². The number of H-pyrrole nitrogens is 1. The molecule has 0 aliphatic carbocycles. The highest BCUT2D eigenvalue weighted by Gasteiger charge is 2.46. The first-order chi connectivity index (χ1) is 13.7. The Morgan fingerprint density at radius 2 is 1.86 bits per heavy atom. The van der Waals surface area contributed by atoms with Gasteiger partial charge in [-0.2, -0.15) is 0 Å². The third kappa shape index (κ3) is 1.99. The molecular weight excluding hydrogens is 360 g/mol. The number of fused-ring (bicyclic) bond motifs is 5. The quantitative estimate of drug-likeness (QED) is 0.605. The van der Waals surface area contributed by atoms with E-state index < -0.39 is 12.1 Å². The summed E-state index contributed by atoms with van der Waals surface area (Å²) < 4.78 is 10.9. The van der Waals surface area contributed by atoms with Gasteiger partial charge in [-0.05, 0) is 29.3 Å². The van der Waals surface area contributed by atoms with Crippen LogP contribution in [0, 0.1) is 0 Å². The third-order valence-electron chi connectivity index (χ3n) is 5.67. The fraction of sp³-hybridized carbons (Fsp3) is 0.200. The number of nitrogens with one attached hydrogen (secondary N) is 3. The van der Waals surface area contributed by atoms with Crippen LogP contribution >= 0.6 is 0 Å². The van der Waals surface area contributed by atoms with E-state index in [2.05, 4.69) is 15.8 Å². The molecular formula is C20H16N4O4. The number of benzene rings is 2. The topological polar surface area (TPSA) is 95.7 Å². The number of amides is 3. The maximum Gasteiger partial charge on any atom is 0.337 e. The van der Waals surface area contributed by atoms with Gasteiger partial charge in [-0.25, -0.2) is 10.2 Å². The number of nitrogens with zero attached hydrogens (tertiary/aromatic N) is 1. The van der Waals surface area contributed by atoms with Gasteiger partial charge in [0.15, 0.2) is 11.5 Å². The zero-order chi connectivity index (χ0) is 18.8. The maximum atomic E-state index is 12.7. The van der Waals surface area contributed by atoms with Crippen LogP contribution in [0.1, 0.15) is 22.9 Å². The number of hydrazine groups is 1. The smallest absolute Gasteiger partial charge is 0.337 e. The molecule has 140 valence electrons. The first-order valence-corrected chi connectivity index (χ1v) is 9.08. The van der Waals surface area contributed by atoms with Crippen LogP contribution < -0.4 is 20.3 Å². The molecule has 0 spiro atoms. The zero-order valence-corrected chi connectivity index (χ0v) is 14.7. The van der Waals surface area contributed by atoms with Gasteiger partial charge in [0.1, 0.15) is 12.1 Å². The highest BCUT2D eigenvalue weighted by atomic mass is 16.7. The molecule has 3 aliphatic heterocycles. The molecule has 2 aromatic carbocycles. The standard InChI is InChI=1S/C20H16N4O4/c25-19-14-8-12-11-3-1-2-4-13(11)21-17(12)18(24(14)20(26)23-22-19)10-5-6-15-16(7-10)28-9-27-15/h1-7,14,18,21H,8-9H2,(H,22,25)(H,23,26)/t14-,18-/m1/s1. The van der Waals surface area contributed by atoms with E-state index in [-0.39, 0.29) is 18.7 Å². The summed E-state index contributed by atoms with van der Waals surface area (Å²) in [5, 5.41) is 1.07. The van der Waals surface area contributed by atoms with E-state index in [0.29, 0.717) is 17.9 Å². The average molecular weight is 376 g/mol. The summed E-state index contributed by atoms with van der Waals surface area (Å²) in [6, 6.07) is 12.3. The van der Waals surface area contributed by atoms with Crippen molar-refractivity contribution in [2.45, 2.75) is 18.5 Å². The zero-order valence-electron chi connectivity index (χ0n) is 14.7. The van der Waals surface area contributed by atoms with Crippen molar-refractivity contribution in [1.29, 1.82) is 0 Å². The molecule has 8 heteroatoms. The molecule has 3 aliphatic rings. The van der Waals surface area contributed by atoms with Crippen molar-refractivity contribution in [2.75, 3.05) is 6.79 Å². The lowest BCUT2D eigenvalue weighted by molar-refractivity contribution is -0.129. The molecule has 0 bridgehead atoms. The second kappa shape index (κ2) is 5.41. The molecule has 0 saturated carbocycles. The summed E-state index contributed by atoms with van der Waals surface area (Å²) in [4.78, 5) is 30.4. The van der Waals surface area contributed by atoms with Gasteiger partial charge < -0.3 is 14.5 Å². The fourth-order valence-electron chi connectivity index (χ4n) is 4.44. The summed E-state index contributed by atoms with van der Waals surface area (Å²) in [6.45, 7) is 0.177. The number of hydrogen-bond donors (Lipinski definition) is 3. The Labute approximate surface area is 159 Å². The number of rotatable bonds is 1. The predicted molar refractivity (Wildman–Crippen MR) is 98.7 cm³/mol. The number of aromatic nitrogens is 1. The Morgan fingerprint density at radius 3 is 2.79 bits per heavy atom. The monoisotopic (exact) mass is 376 g/mol. The van der Waals surface area contributed by atoms with Gasteiger partial charge in [-0.3, -0.25) is 15.1 Å². The van der Waals surface area contributed by atoms with E-state index >= 15 is 0 Å². The minimum absolute atomic E-state index is 0.177. The number of carbonyl (C=O) groups excluding carboxylic acids is 2. The molecule has 2 atom stereocenters. The molecule has 1 aromatic heterocycles. The lowest BCUT2D eigenvalue weighted by atomic mass is 9.87. The number of hydrogen-bond acceptors (Lipinski definition) is 4. The van der Waals surface area contributed by atoms with Crippen molar-refractivity contribution >= 4 is 22.8 Å². The lowest BCUT2D eigenvalue weighted by Crippen LogP contribution is -2.66. The van der Waals surface area contributed by atoms with Crippen molar-refractivity contribution in [3.63, 3.8) is 0 Å². The Hall–Kier alpha value is -3.68. The van der Waals surface area contributed by atoms with E-state index in [4.69, 9.17) is 9.47 Å². The number of urea groups is 1. The third-order valence-corrected chi connectivity index (χ3v) is 5.67. The van der Waals surface area contributed by atoms with Crippen LogP contribution in [0.4, 0.5) is 4.79 Å². The fourth-order valence-corrected chi connectivity index (χ4v) is 4.44. The number of ether oxygens (including phenoxy) is 2. The molecule has 3 N–H and O–H groups in total. The van der Waals surface area contributed by atoms with E-state index in [1.54, 1.807) is 4.90 Å². The summed E-state index contributed by atoms with van der Waals surface area (Å²) in [5.74, 6) is 1.09. The normalized spacial score (nSPS) is 22.5. The Kier molecular flexibility index (Phi) is 2.98. The highest BCUT2D eigenvalue weighted by molar-refractivity contribution is 5.95. The second-order valence-electron chi connectivity index (χ2n) is 7.12. The number of aromatic amines is 1. The van der Waals surface area contributed by atoms with Gasteiger partial charge in [0.2, 0.25) is 6.79 Å². The SMILES string of the molecule is O=C1NNC(=O)N2[C@H](c3ccc4c(c3)OCO4)c3[nH]c4ccccc4c3C[C@H]12. The van der Waals surface area contributed by atoms with Crippen molar-refractivity contribution < 1.29 is 19.1 Å². The first kappa shape index (κ1) is 15.4. The van der Waals surface area contributed by atoms with E-state index in [0.717, 1.165) is 27.7 Å². The van der Waals surface area contributed by atoms with Crippen molar-refractivity contribution in [1.82, 2.24) is 20.7 Å². The average Bonchev–Trinajstić information content (AvgIpc) is 3.33. The van der Waals surface area contributed by atoms with Crippen LogP contribution in [0.3, 0.4) is 0 Å². The minimum Gasteiger partial charge on any atom is -0.454 e. The molecule has 1 saturated heterocycles. The summed E-state index contributed by atoms with van der Waals surface area (Å²) in [6.07, 6.45) is 0.458. The molecule has 3 aromatic rings. The Balaban J connectivity index is 1.60. The van der Waals surface area contributed by atoms with Crippen molar-refractivity contribution in [3.05, 3.63) is 59.3 Å². The van der Waals surface area contributed by atoms with Crippen LogP contribution in [0.5, 0.6) is 11.5 Å². The lowest BCUT2D eigenvalue weighted by Gasteiger charge is -2.43. The van der Waals surface area contributed by atoms with Gasteiger partial charge in [0.05, 0.1) is 0 Å². The molecule has 6 rings (SSSR count). The van der Waals surface area contributed by atoms with E-state index in [1.807, 2.05) is 42.5 Å². The van der Waals surface area contributed by atoms with Gasteiger partial charge in [-0.1, -0.05) is 24.3 Å². The molecule has 1 fully saturated rings. The van der Waals surface area contributed by atoms with Gasteiger partial charge in [-0.15, -0.1) is 0 Å². The minimum atomic E-state index is -0.587. The molecule has 8 nitrogen and oxygen atoms in total. The maximum absolute atomic E-state index is 12.7. The largest absolute Gasteiger partial charge is 0.454 e. The van der Waals surface area contributed by atoms with Gasteiger partial charge >= 0.3 is 6.03 Å². The van der Waals surface area contributed by atoms with Crippen molar-refractivity contribution in [3.8, 4) is 11.5 Å². The van der Waals surface area contributed by atoms with Gasteiger partial charge in [0, 0.05) is 23.0 Å². The molecule has 0 radical (unpaired) electrons. The van der Waals surface area contributed by atoms with E-state index in [1.165, 1.54) is 0 Å². The van der Waals surface area contributed by atoms with Crippen molar-refractivity contribution in [2.24, 2.45) is 0 Å². The van der Waals surface area contributed by atoms with Crippen LogP contribution in [-0.2, 0) is 11.2 Å².